The number of nitrogens with one attached hydrogen (secondary N) is 1. The van der Waals surface area contributed by atoms with Gasteiger partial charge in [-0.15, -0.1) is 0 Å². The molecule has 1 aromatic heterocycles. The summed E-state index contributed by atoms with van der Waals surface area (Å²) in [5.74, 6) is -1.87. The molecule has 0 aliphatic carbocycles. The third-order valence-electron chi connectivity index (χ3n) is 3.45. The lowest BCUT2D eigenvalue weighted by Crippen LogP contribution is -2.14. The van der Waals surface area contributed by atoms with Crippen LogP contribution in [0.2, 0.25) is 0 Å². The normalized spacial score (nSPS) is 10.6. The summed E-state index contributed by atoms with van der Waals surface area (Å²) >= 11 is 1.10. The third-order valence-corrected chi connectivity index (χ3v) is 4.42. The van der Waals surface area contributed by atoms with Gasteiger partial charge in [-0.3, -0.25) is 19.5 Å². The number of thioether (sulfide) groups is 1. The number of hydrogen-bond donors (Lipinski definition) is 1. The smallest absolute Gasteiger partial charge is 0.306 e. The number of nitro groups is 1. The summed E-state index contributed by atoms with van der Waals surface area (Å²) in [6.45, 7) is 0. The Morgan fingerprint density at radius 3 is 2.81 bits per heavy atom. The number of hydrogen-bond acceptors (Lipinski definition) is 5. The van der Waals surface area contributed by atoms with E-state index in [4.69, 9.17) is 0 Å². The Kier molecular flexibility index (Phi) is 5.46. The minimum atomic E-state index is -0.982. The van der Waals surface area contributed by atoms with Gasteiger partial charge in [0.2, 0.25) is 11.7 Å². The van der Waals surface area contributed by atoms with E-state index in [2.05, 4.69) is 10.3 Å². The van der Waals surface area contributed by atoms with E-state index in [9.17, 15) is 23.7 Å². The minimum absolute atomic E-state index is 0.0441. The summed E-state index contributed by atoms with van der Waals surface area (Å²) in [6, 6.07) is 9.02. The predicted molar refractivity (Wildman–Crippen MR) is 95.9 cm³/mol. The highest BCUT2D eigenvalue weighted by atomic mass is 32.2. The van der Waals surface area contributed by atoms with Gasteiger partial charge in [-0.25, -0.2) is 9.37 Å². The van der Waals surface area contributed by atoms with E-state index in [1.165, 1.54) is 24.4 Å². The van der Waals surface area contributed by atoms with Crippen molar-refractivity contribution in [3.63, 3.8) is 0 Å². The Hall–Kier alpha value is -3.27. The van der Waals surface area contributed by atoms with E-state index in [-0.39, 0.29) is 11.4 Å². The topological polar surface area (TPSA) is 90.1 Å². The van der Waals surface area contributed by atoms with E-state index in [0.29, 0.717) is 10.8 Å². The highest BCUT2D eigenvalue weighted by Gasteiger charge is 2.16. The number of aromatic nitrogens is 2. The molecule has 0 fully saturated rings. The Morgan fingerprint density at radius 1 is 1.26 bits per heavy atom. The molecule has 1 heterocycles. The fourth-order valence-corrected chi connectivity index (χ4v) is 3.05. The molecule has 0 aliphatic heterocycles. The van der Waals surface area contributed by atoms with Gasteiger partial charge in [-0.05, 0) is 30.3 Å². The second-order valence-electron chi connectivity index (χ2n) is 5.32. The van der Waals surface area contributed by atoms with Crippen molar-refractivity contribution in [1.29, 1.82) is 0 Å². The van der Waals surface area contributed by atoms with Gasteiger partial charge in [0.1, 0.15) is 5.82 Å². The number of carbonyl (C=O) groups excluding carboxylic acids is 1. The number of anilines is 1. The number of carbonyl (C=O) groups is 1. The van der Waals surface area contributed by atoms with Crippen LogP contribution in [0.15, 0.2) is 60.0 Å². The standard InChI is InChI=1S/C17H12F2N4O3S/c18-11-2-1-3-13(8-11)22-7-6-20-17(22)27-10-16(24)21-12-4-5-14(19)15(9-12)23(25)26/h1-9H,10H2,(H,21,24). The van der Waals surface area contributed by atoms with Crippen LogP contribution in [-0.4, -0.2) is 26.1 Å². The average molecular weight is 390 g/mol. The maximum atomic E-state index is 13.4. The Morgan fingerprint density at radius 2 is 2.07 bits per heavy atom. The summed E-state index contributed by atoms with van der Waals surface area (Å²) in [5, 5.41) is 13.7. The fraction of sp³-hybridized carbons (Fsp3) is 0.0588. The molecule has 3 aromatic rings. The van der Waals surface area contributed by atoms with Gasteiger partial charge in [0.25, 0.3) is 0 Å². The summed E-state index contributed by atoms with van der Waals surface area (Å²) in [5.41, 5.74) is -0.0474. The van der Waals surface area contributed by atoms with Gasteiger partial charge < -0.3 is 5.32 Å². The zero-order valence-electron chi connectivity index (χ0n) is 13.6. The molecule has 0 saturated heterocycles. The number of imidazole rings is 1. The van der Waals surface area contributed by atoms with E-state index < -0.39 is 28.2 Å². The first-order valence-corrected chi connectivity index (χ1v) is 8.58. The maximum absolute atomic E-state index is 13.4. The van der Waals surface area contributed by atoms with Gasteiger partial charge in [0.15, 0.2) is 5.16 Å². The summed E-state index contributed by atoms with van der Waals surface area (Å²) < 4.78 is 28.3. The van der Waals surface area contributed by atoms with Crippen molar-refractivity contribution in [1.82, 2.24) is 9.55 Å². The Labute approximate surface area is 156 Å². The summed E-state index contributed by atoms with van der Waals surface area (Å²) in [6.07, 6.45) is 3.16. The molecule has 0 bridgehead atoms. The molecule has 27 heavy (non-hydrogen) atoms. The fourth-order valence-electron chi connectivity index (χ4n) is 2.28. The second-order valence-corrected chi connectivity index (χ2v) is 6.26. The molecule has 0 aliphatic rings. The molecule has 1 N–H and O–H groups in total. The summed E-state index contributed by atoms with van der Waals surface area (Å²) in [7, 11) is 0. The number of nitro benzene ring substituents is 1. The van der Waals surface area contributed by atoms with Crippen LogP contribution in [0.4, 0.5) is 20.2 Å². The zero-order chi connectivity index (χ0) is 19.4. The highest BCUT2D eigenvalue weighted by Crippen LogP contribution is 2.23. The first kappa shape index (κ1) is 18.5. The average Bonchev–Trinajstić information content (AvgIpc) is 3.10. The molecular weight excluding hydrogens is 378 g/mol. The monoisotopic (exact) mass is 390 g/mol. The predicted octanol–water partition coefficient (Wildman–Crippen LogP) is 3.79. The molecule has 10 heteroatoms. The van der Waals surface area contributed by atoms with Crippen molar-refractivity contribution in [2.75, 3.05) is 11.1 Å². The van der Waals surface area contributed by atoms with Crippen LogP contribution in [0, 0.1) is 21.7 Å². The second kappa shape index (κ2) is 7.96. The Balaban J connectivity index is 1.66. The molecule has 138 valence electrons. The van der Waals surface area contributed by atoms with Crippen LogP contribution in [0.25, 0.3) is 5.69 Å². The van der Waals surface area contributed by atoms with Gasteiger partial charge >= 0.3 is 5.69 Å². The van der Waals surface area contributed by atoms with Crippen molar-refractivity contribution in [3.05, 3.63) is 76.6 Å². The Bertz CT molecular complexity index is 1010. The molecular formula is C17H12F2N4O3S. The number of amides is 1. The largest absolute Gasteiger partial charge is 0.325 e. The van der Waals surface area contributed by atoms with E-state index in [1.54, 1.807) is 22.9 Å². The van der Waals surface area contributed by atoms with Crippen LogP contribution in [0.1, 0.15) is 0 Å². The lowest BCUT2D eigenvalue weighted by molar-refractivity contribution is -0.387. The van der Waals surface area contributed by atoms with Crippen molar-refractivity contribution in [2.24, 2.45) is 0 Å². The van der Waals surface area contributed by atoms with E-state index in [1.807, 2.05) is 0 Å². The van der Waals surface area contributed by atoms with Crippen molar-refractivity contribution >= 4 is 29.0 Å². The first-order valence-electron chi connectivity index (χ1n) is 7.60. The molecule has 0 atom stereocenters. The molecule has 0 radical (unpaired) electrons. The lowest BCUT2D eigenvalue weighted by atomic mass is 10.2. The molecule has 0 unspecified atom stereocenters. The molecule has 3 rings (SSSR count). The number of rotatable bonds is 6. The van der Waals surface area contributed by atoms with Gasteiger partial charge in [-0.2, -0.15) is 4.39 Å². The molecule has 1 amide bonds. The van der Waals surface area contributed by atoms with Crippen LogP contribution in [0.5, 0.6) is 0 Å². The summed E-state index contributed by atoms with van der Waals surface area (Å²) in [4.78, 5) is 26.1. The van der Waals surface area contributed by atoms with E-state index in [0.717, 1.165) is 23.9 Å². The van der Waals surface area contributed by atoms with Crippen molar-refractivity contribution < 1.29 is 18.5 Å². The van der Waals surface area contributed by atoms with Crippen LogP contribution in [0.3, 0.4) is 0 Å². The first-order chi connectivity index (χ1) is 12.9. The third kappa shape index (κ3) is 4.47. The van der Waals surface area contributed by atoms with Gasteiger partial charge in [0.05, 0.1) is 16.4 Å². The molecule has 7 nitrogen and oxygen atoms in total. The molecule has 0 saturated carbocycles. The maximum Gasteiger partial charge on any atom is 0.306 e. The van der Waals surface area contributed by atoms with Crippen LogP contribution < -0.4 is 5.32 Å². The number of nitrogens with zero attached hydrogens (tertiary/aromatic N) is 3. The molecule has 2 aromatic carbocycles. The number of benzene rings is 2. The highest BCUT2D eigenvalue weighted by molar-refractivity contribution is 7.99. The van der Waals surface area contributed by atoms with Gasteiger partial charge in [0, 0.05) is 24.1 Å². The minimum Gasteiger partial charge on any atom is -0.325 e. The lowest BCUT2D eigenvalue weighted by Gasteiger charge is -2.08. The van der Waals surface area contributed by atoms with Crippen molar-refractivity contribution in [3.8, 4) is 5.69 Å². The van der Waals surface area contributed by atoms with Crippen LogP contribution >= 0.6 is 11.8 Å². The zero-order valence-corrected chi connectivity index (χ0v) is 14.5. The van der Waals surface area contributed by atoms with E-state index >= 15 is 0 Å². The molecule has 0 spiro atoms. The van der Waals surface area contributed by atoms with Crippen molar-refractivity contribution in [2.45, 2.75) is 5.16 Å². The van der Waals surface area contributed by atoms with Crippen LogP contribution in [-0.2, 0) is 4.79 Å². The number of halogens is 2. The quantitative estimate of drug-likeness (QED) is 0.393. The SMILES string of the molecule is O=C(CSc1nccn1-c1cccc(F)c1)Nc1ccc(F)c([N+](=O)[O-])c1. The van der Waals surface area contributed by atoms with Gasteiger partial charge in [-0.1, -0.05) is 17.8 Å².